The van der Waals surface area contributed by atoms with Gasteiger partial charge in [-0.1, -0.05) is 35.7 Å². The fraction of sp³-hybridized carbons (Fsp3) is 0. The maximum atomic E-state index is 13.3. The molecule has 1 aromatic heterocycles. The molecule has 0 radical (unpaired) electrons. The number of nitrogens with zero attached hydrogens (tertiary/aromatic N) is 2. The summed E-state index contributed by atoms with van der Waals surface area (Å²) in [5.74, 6) is 0. The normalized spacial score (nSPS) is 12.5. The van der Waals surface area contributed by atoms with Crippen LogP contribution in [0.25, 0.3) is 66.5 Å². The molecule has 156 valence electrons. The van der Waals surface area contributed by atoms with Crippen LogP contribution in [0.4, 0.5) is 0 Å². The second kappa shape index (κ2) is 6.27. The second-order valence-electron chi connectivity index (χ2n) is 8.20. The fourth-order valence-corrected chi connectivity index (χ4v) is 4.84. The van der Waals surface area contributed by atoms with Gasteiger partial charge in [0, 0.05) is 44.8 Å². The Morgan fingerprint density at radius 2 is 1.00 bits per heavy atom. The highest BCUT2D eigenvalue weighted by Crippen LogP contribution is 2.26. The van der Waals surface area contributed by atoms with E-state index in [1.165, 1.54) is 12.2 Å². The number of aromatic nitrogens is 2. The molecule has 1 aliphatic rings. The monoisotopic (exact) mass is 438 g/mol. The van der Waals surface area contributed by atoms with E-state index in [-0.39, 0.29) is 65.4 Å². The molecule has 5 aromatic carbocycles. The molecule has 0 saturated heterocycles. The molecular weight excluding hydrogens is 428 g/mol. The van der Waals surface area contributed by atoms with Gasteiger partial charge < -0.3 is 0 Å². The van der Waals surface area contributed by atoms with Crippen LogP contribution in [0, 0.1) is 0 Å². The van der Waals surface area contributed by atoms with Crippen LogP contribution in [0.3, 0.4) is 0 Å². The average Bonchev–Trinajstić information content (AvgIpc) is 2.88. The maximum absolute atomic E-state index is 13.3. The molecule has 0 N–H and O–H groups in total. The largest absolute Gasteiger partial charge is 0.289 e. The van der Waals surface area contributed by atoms with E-state index in [2.05, 4.69) is 21.4 Å². The summed E-state index contributed by atoms with van der Waals surface area (Å²) in [5.41, 5.74) is 6.08. The first-order valence-corrected chi connectivity index (χ1v) is 10.5. The molecule has 0 fully saturated rings. The zero-order valence-corrected chi connectivity index (χ0v) is 17.3. The fourth-order valence-electron chi connectivity index (χ4n) is 4.84. The van der Waals surface area contributed by atoms with Crippen molar-refractivity contribution in [1.29, 1.82) is 0 Å². The van der Waals surface area contributed by atoms with Crippen molar-refractivity contribution < 1.29 is 0 Å². The quantitative estimate of drug-likeness (QED) is 0.205. The Bertz CT molecular complexity index is 2280. The van der Waals surface area contributed by atoms with Crippen molar-refractivity contribution in [3.63, 3.8) is 0 Å². The first kappa shape index (κ1) is 18.5. The topological polar surface area (TPSA) is 94.1 Å². The zero-order valence-electron chi connectivity index (χ0n) is 17.3. The van der Waals surface area contributed by atoms with E-state index >= 15 is 0 Å². The van der Waals surface area contributed by atoms with Gasteiger partial charge in [-0.15, -0.1) is 0 Å². The molecule has 1 aliphatic carbocycles. The molecule has 6 aromatic rings. The Hall–Kier alpha value is -5.02. The molecule has 34 heavy (non-hydrogen) atoms. The molecular formula is C28H10N2O4. The van der Waals surface area contributed by atoms with Crippen LogP contribution in [0.15, 0.2) is 79.2 Å². The van der Waals surface area contributed by atoms with Crippen LogP contribution in [-0.4, -0.2) is 9.97 Å². The maximum Gasteiger partial charge on any atom is 0.197 e. The molecule has 1 heterocycles. The molecule has 0 aliphatic heterocycles. The smallest absolute Gasteiger partial charge is 0.197 e. The predicted molar refractivity (Wildman–Crippen MR) is 133 cm³/mol. The minimum absolute atomic E-state index is 0.175. The van der Waals surface area contributed by atoms with Crippen molar-refractivity contribution in [3.05, 3.63) is 112 Å². The number of hydrogen-bond acceptors (Lipinski definition) is 6. The molecule has 0 amide bonds. The van der Waals surface area contributed by atoms with Crippen LogP contribution in [0.1, 0.15) is 11.1 Å². The lowest BCUT2D eigenvalue weighted by molar-refractivity contribution is 1.41. The predicted octanol–water partition coefficient (Wildman–Crippen LogP) is 3.35. The summed E-state index contributed by atoms with van der Waals surface area (Å²) in [5, 5.41) is 1.58. The Kier molecular flexibility index (Phi) is 3.42. The van der Waals surface area contributed by atoms with Gasteiger partial charge in [-0.25, -0.2) is 9.97 Å². The third-order valence-corrected chi connectivity index (χ3v) is 6.43. The minimum atomic E-state index is -0.341. The van der Waals surface area contributed by atoms with Crippen LogP contribution < -0.4 is 21.7 Å². The molecule has 0 atom stereocenters. The van der Waals surface area contributed by atoms with Crippen molar-refractivity contribution in [2.24, 2.45) is 0 Å². The van der Waals surface area contributed by atoms with Crippen LogP contribution >= 0.6 is 0 Å². The Morgan fingerprint density at radius 3 is 1.62 bits per heavy atom. The highest BCUT2D eigenvalue weighted by Gasteiger charge is 2.20. The summed E-state index contributed by atoms with van der Waals surface area (Å²) in [7, 11) is 0. The van der Waals surface area contributed by atoms with Crippen molar-refractivity contribution in [2.45, 2.75) is 0 Å². The molecule has 6 nitrogen and oxygen atoms in total. The summed E-state index contributed by atoms with van der Waals surface area (Å²) >= 11 is 0. The molecule has 0 unspecified atom stereocenters. The Labute approximate surface area is 188 Å². The summed E-state index contributed by atoms with van der Waals surface area (Å²) in [4.78, 5) is 62.1. The van der Waals surface area contributed by atoms with Gasteiger partial charge in [-0.3, -0.25) is 19.2 Å². The van der Waals surface area contributed by atoms with E-state index in [0.717, 1.165) is 0 Å². The highest BCUT2D eigenvalue weighted by molar-refractivity contribution is 6.13. The molecule has 7 rings (SSSR count). The summed E-state index contributed by atoms with van der Waals surface area (Å²) in [6.07, 6.45) is 2.91. The van der Waals surface area contributed by atoms with Gasteiger partial charge in [0.2, 0.25) is 0 Å². The number of fused-ring (bicyclic) bond motifs is 8. The van der Waals surface area contributed by atoms with Crippen LogP contribution in [0.2, 0.25) is 0 Å². The van der Waals surface area contributed by atoms with E-state index in [1.807, 2.05) is 0 Å². The van der Waals surface area contributed by atoms with Crippen molar-refractivity contribution in [3.8, 4) is 0 Å². The summed E-state index contributed by atoms with van der Waals surface area (Å²) in [6.45, 7) is 0. The van der Waals surface area contributed by atoms with Crippen LogP contribution in [0.5, 0.6) is 0 Å². The van der Waals surface area contributed by atoms with Gasteiger partial charge in [0.25, 0.3) is 0 Å². The van der Waals surface area contributed by atoms with Gasteiger partial charge in [0.05, 0.1) is 21.8 Å². The molecule has 0 saturated carbocycles. The van der Waals surface area contributed by atoms with Gasteiger partial charge in [-0.2, -0.15) is 0 Å². The third-order valence-electron chi connectivity index (χ3n) is 6.43. The van der Waals surface area contributed by atoms with Crippen molar-refractivity contribution >= 4 is 66.5 Å². The SMILES string of the molecule is O=c1c2c(c(=O)c3c1ccc1nc4c(ccc5c(=O)c6ccccc6c(=O)c54)nc13)C=C=C=C2. The Balaban J connectivity index is 1.71. The van der Waals surface area contributed by atoms with E-state index in [0.29, 0.717) is 21.8 Å². The van der Waals surface area contributed by atoms with Gasteiger partial charge in [0.15, 0.2) is 21.7 Å². The number of hydrogen-bond donors (Lipinski definition) is 0. The first-order valence-electron chi connectivity index (χ1n) is 10.5. The lowest BCUT2D eigenvalue weighted by atomic mass is 9.96. The molecule has 0 spiro atoms. The van der Waals surface area contributed by atoms with Crippen molar-refractivity contribution in [1.82, 2.24) is 9.97 Å². The summed E-state index contributed by atoms with van der Waals surface area (Å²) < 4.78 is 0. The van der Waals surface area contributed by atoms with Gasteiger partial charge in [-0.05, 0) is 24.3 Å². The molecule has 6 heteroatoms. The van der Waals surface area contributed by atoms with Crippen molar-refractivity contribution in [2.75, 3.05) is 0 Å². The van der Waals surface area contributed by atoms with E-state index < -0.39 is 0 Å². The highest BCUT2D eigenvalue weighted by atomic mass is 16.1. The van der Waals surface area contributed by atoms with Crippen LogP contribution in [-0.2, 0) is 0 Å². The van der Waals surface area contributed by atoms with Gasteiger partial charge in [0.1, 0.15) is 11.0 Å². The first-order chi connectivity index (χ1) is 16.5. The molecule has 0 bridgehead atoms. The second-order valence-corrected chi connectivity index (χ2v) is 8.20. The average molecular weight is 438 g/mol. The lowest BCUT2D eigenvalue weighted by Gasteiger charge is -2.09. The minimum Gasteiger partial charge on any atom is -0.289 e. The van der Waals surface area contributed by atoms with Gasteiger partial charge >= 0.3 is 0 Å². The number of rotatable bonds is 0. The zero-order chi connectivity index (χ0) is 23.1. The Morgan fingerprint density at radius 1 is 0.500 bits per heavy atom. The standard InChI is InChI=1S/C28H10N2O4/c31-25-13-5-1-3-7-15(13)27(33)21-17(25)9-11-19-23(21)29-20-12-10-18-22(24(20)30-19)28(34)16-8-4-2-6-14(16)26(18)32/h1,3,5-12H. The summed E-state index contributed by atoms with van der Waals surface area (Å²) in [6, 6.07) is 13.0. The van der Waals surface area contributed by atoms with E-state index in [4.69, 9.17) is 0 Å². The van der Waals surface area contributed by atoms with E-state index in [9.17, 15) is 19.2 Å². The number of benzene rings is 5. The van der Waals surface area contributed by atoms with E-state index in [1.54, 1.807) is 48.5 Å². The third kappa shape index (κ3) is 2.20. The lowest BCUT2D eigenvalue weighted by Crippen LogP contribution is -2.19.